The molecule has 3 N–H and O–H groups in total. The Morgan fingerprint density at radius 1 is 1.03 bits per heavy atom. The average molecular weight is 424 g/mol. The molecule has 0 aliphatic carbocycles. The number of carbonyl (C=O) groups is 2. The van der Waals surface area contributed by atoms with Crippen molar-refractivity contribution in [3.05, 3.63) is 88.9 Å². The average Bonchev–Trinajstić information content (AvgIpc) is 2.73. The summed E-state index contributed by atoms with van der Waals surface area (Å²) in [5.74, 6) is -0.442. The van der Waals surface area contributed by atoms with Gasteiger partial charge in [0.15, 0.2) is 6.61 Å². The number of phenols is 1. The molecule has 3 aromatic rings. The maximum absolute atomic E-state index is 12.0. The van der Waals surface area contributed by atoms with Crippen molar-refractivity contribution in [2.24, 2.45) is 5.10 Å². The predicted molar refractivity (Wildman–Crippen MR) is 115 cm³/mol. The number of ether oxygens (including phenoxy) is 1. The lowest BCUT2D eigenvalue weighted by molar-refractivity contribution is -0.118. The van der Waals surface area contributed by atoms with Crippen LogP contribution in [0.3, 0.4) is 0 Å². The molecule has 0 spiro atoms. The number of nitrogens with one attached hydrogen (secondary N) is 2. The number of nitrogens with zero attached hydrogens (tertiary/aromatic N) is 1. The molecule has 0 fully saturated rings. The Hall–Kier alpha value is -3.84. The summed E-state index contributed by atoms with van der Waals surface area (Å²) >= 11 is 5.88. The number of para-hydroxylation sites is 1. The molecule has 0 heterocycles. The summed E-state index contributed by atoms with van der Waals surface area (Å²) in [4.78, 5) is 23.9. The molecular weight excluding hydrogens is 406 g/mol. The van der Waals surface area contributed by atoms with Crippen molar-refractivity contribution >= 4 is 35.3 Å². The number of hydrogen-bond acceptors (Lipinski definition) is 5. The van der Waals surface area contributed by atoms with E-state index < -0.39 is 5.91 Å². The molecule has 0 atom stereocenters. The number of hydrogen-bond donors (Lipinski definition) is 3. The number of hydrazone groups is 1. The molecule has 7 nitrogen and oxygen atoms in total. The quantitative estimate of drug-likeness (QED) is 0.397. The second-order valence-electron chi connectivity index (χ2n) is 6.13. The fraction of sp³-hybridized carbons (Fsp3) is 0.0455. The Morgan fingerprint density at radius 2 is 1.80 bits per heavy atom. The van der Waals surface area contributed by atoms with Crippen molar-refractivity contribution in [3.8, 4) is 11.5 Å². The highest BCUT2D eigenvalue weighted by Gasteiger charge is 2.08. The lowest BCUT2D eigenvalue weighted by Crippen LogP contribution is -2.20. The molecule has 0 aromatic heterocycles. The summed E-state index contributed by atoms with van der Waals surface area (Å²) in [6.45, 7) is -0.156. The van der Waals surface area contributed by atoms with Crippen LogP contribution in [-0.2, 0) is 4.79 Å². The van der Waals surface area contributed by atoms with Crippen molar-refractivity contribution in [3.63, 3.8) is 0 Å². The predicted octanol–water partition coefficient (Wildman–Crippen LogP) is 3.83. The van der Waals surface area contributed by atoms with Gasteiger partial charge in [-0.1, -0.05) is 29.8 Å². The van der Waals surface area contributed by atoms with E-state index in [1.165, 1.54) is 18.3 Å². The number of benzene rings is 3. The molecule has 0 aliphatic rings. The van der Waals surface area contributed by atoms with E-state index in [0.29, 0.717) is 22.0 Å². The van der Waals surface area contributed by atoms with Crippen LogP contribution >= 0.6 is 11.6 Å². The van der Waals surface area contributed by atoms with E-state index in [9.17, 15) is 14.7 Å². The topological polar surface area (TPSA) is 100 Å². The zero-order valence-corrected chi connectivity index (χ0v) is 16.5. The minimum atomic E-state index is -0.519. The molecule has 3 rings (SSSR count). The van der Waals surface area contributed by atoms with Crippen LogP contribution in [0.4, 0.5) is 5.69 Å². The monoisotopic (exact) mass is 423 g/mol. The van der Waals surface area contributed by atoms with Gasteiger partial charge in [-0.25, -0.2) is 5.43 Å². The van der Waals surface area contributed by atoms with Crippen LogP contribution in [0.25, 0.3) is 0 Å². The molecule has 8 heteroatoms. The van der Waals surface area contributed by atoms with E-state index in [1.807, 2.05) is 0 Å². The van der Waals surface area contributed by atoms with Crippen LogP contribution in [0.1, 0.15) is 15.9 Å². The molecule has 0 radical (unpaired) electrons. The zero-order valence-electron chi connectivity index (χ0n) is 15.7. The van der Waals surface area contributed by atoms with Gasteiger partial charge >= 0.3 is 0 Å². The third-order valence-electron chi connectivity index (χ3n) is 3.89. The molecule has 2 amide bonds. The second kappa shape index (κ2) is 10.1. The SMILES string of the molecule is O=C(COc1ccc(/C=N\NC(=O)c2ccccc2O)cc1)Nc1cccc(Cl)c1. The lowest BCUT2D eigenvalue weighted by Gasteiger charge is -2.08. The third-order valence-corrected chi connectivity index (χ3v) is 4.12. The smallest absolute Gasteiger partial charge is 0.275 e. The van der Waals surface area contributed by atoms with Crippen LogP contribution in [0, 0.1) is 0 Å². The highest BCUT2D eigenvalue weighted by atomic mass is 35.5. The first-order chi connectivity index (χ1) is 14.5. The first-order valence-corrected chi connectivity index (χ1v) is 9.29. The third kappa shape index (κ3) is 6.08. The largest absolute Gasteiger partial charge is 0.507 e. The van der Waals surface area contributed by atoms with Crippen molar-refractivity contribution in [2.75, 3.05) is 11.9 Å². The molecule has 0 saturated heterocycles. The second-order valence-corrected chi connectivity index (χ2v) is 6.57. The number of phenolic OH excluding ortho intramolecular Hbond substituents is 1. The standard InChI is InChI=1S/C22H18ClN3O4/c23-16-4-3-5-17(12-16)25-21(28)14-30-18-10-8-15(9-11-18)13-24-26-22(29)19-6-1-2-7-20(19)27/h1-13,27H,14H2,(H,25,28)(H,26,29)/b24-13-. The van der Waals surface area contributed by atoms with Crippen LogP contribution in [0.5, 0.6) is 11.5 Å². The van der Waals surface area contributed by atoms with Gasteiger partial charge in [0.1, 0.15) is 11.5 Å². The van der Waals surface area contributed by atoms with Crippen molar-refractivity contribution in [1.29, 1.82) is 0 Å². The van der Waals surface area contributed by atoms with E-state index in [0.717, 1.165) is 0 Å². The first-order valence-electron chi connectivity index (χ1n) is 8.91. The van der Waals surface area contributed by atoms with Gasteiger partial charge in [0.25, 0.3) is 11.8 Å². The summed E-state index contributed by atoms with van der Waals surface area (Å²) in [5, 5.41) is 16.7. The Kier molecular flexibility index (Phi) is 7.02. The van der Waals surface area contributed by atoms with E-state index in [1.54, 1.807) is 60.7 Å². The highest BCUT2D eigenvalue weighted by Crippen LogP contribution is 2.16. The highest BCUT2D eigenvalue weighted by molar-refractivity contribution is 6.30. The maximum atomic E-state index is 12.0. The van der Waals surface area contributed by atoms with E-state index in [-0.39, 0.29) is 23.8 Å². The number of anilines is 1. The van der Waals surface area contributed by atoms with Crippen LogP contribution in [0.2, 0.25) is 5.02 Å². The van der Waals surface area contributed by atoms with Gasteiger partial charge in [0, 0.05) is 10.7 Å². The molecule has 0 aliphatic heterocycles. The molecule has 0 bridgehead atoms. The molecule has 30 heavy (non-hydrogen) atoms. The summed E-state index contributed by atoms with van der Waals surface area (Å²) < 4.78 is 5.45. The Morgan fingerprint density at radius 3 is 2.53 bits per heavy atom. The lowest BCUT2D eigenvalue weighted by atomic mass is 10.2. The van der Waals surface area contributed by atoms with Crippen LogP contribution in [-0.4, -0.2) is 29.7 Å². The van der Waals surface area contributed by atoms with Gasteiger partial charge < -0.3 is 15.2 Å². The molecular formula is C22H18ClN3O4. The number of amides is 2. The van der Waals surface area contributed by atoms with Crippen LogP contribution < -0.4 is 15.5 Å². The summed E-state index contributed by atoms with van der Waals surface area (Å²) in [6, 6.07) is 19.8. The number of aromatic hydroxyl groups is 1. The molecule has 0 unspecified atom stereocenters. The van der Waals surface area contributed by atoms with Crippen LogP contribution in [0.15, 0.2) is 77.9 Å². The van der Waals surface area contributed by atoms with Gasteiger partial charge in [0.2, 0.25) is 0 Å². The van der Waals surface area contributed by atoms with Gasteiger partial charge in [-0.05, 0) is 60.2 Å². The number of rotatable bonds is 7. The van der Waals surface area contributed by atoms with E-state index in [2.05, 4.69) is 15.8 Å². The molecule has 3 aromatic carbocycles. The Bertz CT molecular complexity index is 1070. The van der Waals surface area contributed by atoms with Gasteiger partial charge in [-0.15, -0.1) is 0 Å². The number of carbonyl (C=O) groups excluding carboxylic acids is 2. The van der Waals surface area contributed by atoms with E-state index in [4.69, 9.17) is 16.3 Å². The summed E-state index contributed by atoms with van der Waals surface area (Å²) in [7, 11) is 0. The Balaban J connectivity index is 1.47. The van der Waals surface area contributed by atoms with Crippen molar-refractivity contribution in [1.82, 2.24) is 5.43 Å². The van der Waals surface area contributed by atoms with Crippen molar-refractivity contribution < 1.29 is 19.4 Å². The van der Waals surface area contributed by atoms with Gasteiger partial charge in [-0.3, -0.25) is 9.59 Å². The number of halogens is 1. The Labute approximate surface area is 178 Å². The zero-order chi connectivity index (χ0) is 21.3. The minimum absolute atomic E-state index is 0.119. The summed E-state index contributed by atoms with van der Waals surface area (Å²) in [6.07, 6.45) is 1.45. The van der Waals surface area contributed by atoms with E-state index >= 15 is 0 Å². The van der Waals surface area contributed by atoms with Crippen molar-refractivity contribution in [2.45, 2.75) is 0 Å². The van der Waals surface area contributed by atoms with Gasteiger partial charge in [0.05, 0.1) is 11.8 Å². The maximum Gasteiger partial charge on any atom is 0.275 e. The first kappa shape index (κ1) is 20.9. The fourth-order valence-electron chi connectivity index (χ4n) is 2.45. The van der Waals surface area contributed by atoms with Gasteiger partial charge in [-0.2, -0.15) is 5.10 Å². The summed E-state index contributed by atoms with van der Waals surface area (Å²) in [5.41, 5.74) is 3.78. The molecule has 0 saturated carbocycles. The normalized spacial score (nSPS) is 10.6. The molecule has 152 valence electrons. The minimum Gasteiger partial charge on any atom is -0.507 e. The fourth-order valence-corrected chi connectivity index (χ4v) is 2.64.